The Bertz CT molecular complexity index is 752. The number of hydrogen-bond donors (Lipinski definition) is 3. The lowest BCUT2D eigenvalue weighted by Gasteiger charge is -2.10. The van der Waals surface area contributed by atoms with Gasteiger partial charge in [0.15, 0.2) is 0 Å². The first kappa shape index (κ1) is 18.1. The second-order valence-corrected chi connectivity index (χ2v) is 4.95. The number of nitro groups is 1. The number of nitrogens with one attached hydrogen (secondary N) is 1. The van der Waals surface area contributed by atoms with Crippen LogP contribution in [0.3, 0.4) is 0 Å². The van der Waals surface area contributed by atoms with Crippen molar-refractivity contribution in [3.8, 4) is 0 Å². The standard InChI is InChI=1S/C13H17N9O3/c14-5-12(6-15)21-8-10(18-20-21)7-16-13(23)19-17-9-1-3-11(4-2-9)22(24)25/h1-4,8,12H,5-7,14-15H2,(H,16,23). The Morgan fingerprint density at radius 2 is 2.00 bits per heavy atom. The number of benzene rings is 1. The number of aromatic nitrogens is 3. The van der Waals surface area contributed by atoms with Crippen molar-refractivity contribution in [2.45, 2.75) is 12.6 Å². The molecule has 0 aliphatic carbocycles. The van der Waals surface area contributed by atoms with E-state index in [0.717, 1.165) is 0 Å². The number of non-ortho nitro benzene ring substituents is 1. The maximum absolute atomic E-state index is 11.6. The summed E-state index contributed by atoms with van der Waals surface area (Å²) in [7, 11) is 0. The monoisotopic (exact) mass is 347 g/mol. The molecule has 2 amide bonds. The Balaban J connectivity index is 1.87. The number of rotatable bonds is 7. The Labute approximate surface area is 142 Å². The molecule has 12 nitrogen and oxygen atoms in total. The number of azo groups is 1. The molecule has 2 aromatic rings. The quantitative estimate of drug-likeness (QED) is 0.373. The van der Waals surface area contributed by atoms with E-state index in [4.69, 9.17) is 11.5 Å². The summed E-state index contributed by atoms with van der Waals surface area (Å²) in [4.78, 5) is 21.7. The molecule has 5 N–H and O–H groups in total. The van der Waals surface area contributed by atoms with Crippen LogP contribution >= 0.6 is 0 Å². The van der Waals surface area contributed by atoms with Gasteiger partial charge in [-0.3, -0.25) is 10.1 Å². The van der Waals surface area contributed by atoms with Gasteiger partial charge < -0.3 is 16.8 Å². The third kappa shape index (κ3) is 5.12. The first-order valence-electron chi connectivity index (χ1n) is 7.28. The van der Waals surface area contributed by atoms with E-state index in [9.17, 15) is 14.9 Å². The summed E-state index contributed by atoms with van der Waals surface area (Å²) in [6, 6.07) is 4.49. The zero-order valence-electron chi connectivity index (χ0n) is 13.1. The molecule has 0 spiro atoms. The Morgan fingerprint density at radius 3 is 2.60 bits per heavy atom. The van der Waals surface area contributed by atoms with Gasteiger partial charge in [-0.05, 0) is 12.1 Å². The largest absolute Gasteiger partial charge is 0.359 e. The van der Waals surface area contributed by atoms with E-state index in [-0.39, 0.29) is 18.3 Å². The molecular formula is C13H17N9O3. The molecule has 0 unspecified atom stereocenters. The molecule has 0 bridgehead atoms. The average Bonchev–Trinajstić information content (AvgIpc) is 3.08. The lowest BCUT2D eigenvalue weighted by atomic mass is 10.3. The van der Waals surface area contributed by atoms with Gasteiger partial charge >= 0.3 is 6.03 Å². The molecule has 1 heterocycles. The van der Waals surface area contributed by atoms with Gasteiger partial charge in [-0.2, -0.15) is 0 Å². The minimum atomic E-state index is -0.679. The summed E-state index contributed by atoms with van der Waals surface area (Å²) in [6.07, 6.45) is 1.64. The zero-order chi connectivity index (χ0) is 18.2. The van der Waals surface area contributed by atoms with Crippen LogP contribution in [0.15, 0.2) is 40.7 Å². The number of nitrogens with two attached hydrogens (primary N) is 2. The summed E-state index contributed by atoms with van der Waals surface area (Å²) in [5.74, 6) is 0. The van der Waals surface area contributed by atoms with Crippen molar-refractivity contribution in [2.24, 2.45) is 21.7 Å². The van der Waals surface area contributed by atoms with Gasteiger partial charge in [0.05, 0.1) is 29.4 Å². The van der Waals surface area contributed by atoms with Crippen LogP contribution in [0.5, 0.6) is 0 Å². The lowest BCUT2D eigenvalue weighted by molar-refractivity contribution is -0.384. The minimum Gasteiger partial charge on any atom is -0.329 e. The van der Waals surface area contributed by atoms with Crippen molar-refractivity contribution >= 4 is 17.4 Å². The first-order valence-corrected chi connectivity index (χ1v) is 7.28. The second kappa shape index (κ2) is 8.56. The van der Waals surface area contributed by atoms with E-state index < -0.39 is 11.0 Å². The fourth-order valence-electron chi connectivity index (χ4n) is 1.83. The minimum absolute atomic E-state index is 0.0697. The molecule has 132 valence electrons. The molecule has 0 aliphatic rings. The second-order valence-electron chi connectivity index (χ2n) is 4.95. The van der Waals surface area contributed by atoms with Gasteiger partial charge in [0, 0.05) is 25.2 Å². The molecule has 0 saturated heterocycles. The van der Waals surface area contributed by atoms with E-state index in [1.54, 1.807) is 10.9 Å². The van der Waals surface area contributed by atoms with Gasteiger partial charge in [-0.1, -0.05) is 10.3 Å². The Morgan fingerprint density at radius 1 is 1.32 bits per heavy atom. The molecule has 25 heavy (non-hydrogen) atoms. The molecule has 0 atom stereocenters. The van der Waals surface area contributed by atoms with Gasteiger partial charge in [-0.15, -0.1) is 10.2 Å². The number of hydrogen-bond acceptors (Lipinski definition) is 8. The SMILES string of the molecule is NCC(CN)n1cc(CNC(=O)N=Nc2ccc([N+](=O)[O-])cc2)nn1. The van der Waals surface area contributed by atoms with E-state index in [2.05, 4.69) is 25.9 Å². The third-order valence-corrected chi connectivity index (χ3v) is 3.21. The molecule has 12 heteroatoms. The van der Waals surface area contributed by atoms with Gasteiger partial charge in [0.1, 0.15) is 5.69 Å². The van der Waals surface area contributed by atoms with Crippen molar-refractivity contribution in [1.29, 1.82) is 0 Å². The first-order chi connectivity index (χ1) is 12.0. The third-order valence-electron chi connectivity index (χ3n) is 3.21. The summed E-state index contributed by atoms with van der Waals surface area (Å²) in [5.41, 5.74) is 11.9. The lowest BCUT2D eigenvalue weighted by Crippen LogP contribution is -2.27. The Hall–Kier alpha value is -3.25. The van der Waals surface area contributed by atoms with Crippen molar-refractivity contribution in [3.05, 3.63) is 46.3 Å². The molecule has 0 fully saturated rings. The van der Waals surface area contributed by atoms with Crippen LogP contribution in [0.25, 0.3) is 0 Å². The van der Waals surface area contributed by atoms with Crippen molar-refractivity contribution in [1.82, 2.24) is 20.3 Å². The maximum atomic E-state index is 11.6. The number of urea groups is 1. The molecule has 0 radical (unpaired) electrons. The smallest absolute Gasteiger partial charge is 0.329 e. The number of nitro benzene ring substituents is 1. The van der Waals surface area contributed by atoms with Crippen molar-refractivity contribution in [3.63, 3.8) is 0 Å². The van der Waals surface area contributed by atoms with E-state index in [1.807, 2.05) is 0 Å². The van der Waals surface area contributed by atoms with Crippen molar-refractivity contribution in [2.75, 3.05) is 13.1 Å². The number of carbonyl (C=O) groups is 1. The fourth-order valence-corrected chi connectivity index (χ4v) is 1.83. The molecule has 0 aliphatic heterocycles. The topological polar surface area (TPSA) is 180 Å². The van der Waals surface area contributed by atoms with Gasteiger partial charge in [-0.25, -0.2) is 9.48 Å². The van der Waals surface area contributed by atoms with Crippen LogP contribution in [0, 0.1) is 10.1 Å². The highest BCUT2D eigenvalue weighted by Gasteiger charge is 2.10. The number of nitrogens with zero attached hydrogens (tertiary/aromatic N) is 6. The predicted octanol–water partition coefficient (Wildman–Crippen LogP) is 0.638. The van der Waals surface area contributed by atoms with Crippen LogP contribution in [0.4, 0.5) is 16.2 Å². The van der Waals surface area contributed by atoms with Gasteiger partial charge in [0.25, 0.3) is 5.69 Å². The van der Waals surface area contributed by atoms with Crippen LogP contribution in [-0.4, -0.2) is 39.0 Å². The van der Waals surface area contributed by atoms with E-state index in [0.29, 0.717) is 24.5 Å². The van der Waals surface area contributed by atoms with Crippen LogP contribution in [0.1, 0.15) is 11.7 Å². The summed E-state index contributed by atoms with van der Waals surface area (Å²) >= 11 is 0. The van der Waals surface area contributed by atoms with E-state index >= 15 is 0 Å². The highest BCUT2D eigenvalue weighted by Crippen LogP contribution is 2.18. The highest BCUT2D eigenvalue weighted by atomic mass is 16.6. The molecule has 0 saturated carbocycles. The predicted molar refractivity (Wildman–Crippen MR) is 87.0 cm³/mol. The zero-order valence-corrected chi connectivity index (χ0v) is 13.1. The summed E-state index contributed by atoms with van der Waals surface area (Å²) < 4.78 is 1.54. The van der Waals surface area contributed by atoms with Crippen molar-refractivity contribution < 1.29 is 9.72 Å². The van der Waals surface area contributed by atoms with Crippen LogP contribution < -0.4 is 16.8 Å². The summed E-state index contributed by atoms with van der Waals surface area (Å²) in [6.45, 7) is 0.768. The average molecular weight is 347 g/mol. The highest BCUT2D eigenvalue weighted by molar-refractivity contribution is 5.74. The van der Waals surface area contributed by atoms with Crippen LogP contribution in [-0.2, 0) is 6.54 Å². The normalized spacial score (nSPS) is 11.2. The molecular weight excluding hydrogens is 330 g/mol. The van der Waals surface area contributed by atoms with Crippen LogP contribution in [0.2, 0.25) is 0 Å². The summed E-state index contributed by atoms with van der Waals surface area (Å²) in [5, 5.41) is 28.0. The number of amides is 2. The maximum Gasteiger partial charge on any atom is 0.359 e. The number of carbonyl (C=O) groups excluding carboxylic acids is 1. The van der Waals surface area contributed by atoms with Gasteiger partial charge in [0.2, 0.25) is 0 Å². The molecule has 1 aromatic heterocycles. The molecule has 2 rings (SSSR count). The van der Waals surface area contributed by atoms with E-state index in [1.165, 1.54) is 24.3 Å². The Kier molecular flexibility index (Phi) is 6.20. The fraction of sp³-hybridized carbons (Fsp3) is 0.308. The molecule has 1 aromatic carbocycles.